The van der Waals surface area contributed by atoms with Crippen LogP contribution in [0.25, 0.3) is 0 Å². The summed E-state index contributed by atoms with van der Waals surface area (Å²) in [6.45, 7) is -3.85. The molecule has 0 aliphatic carbocycles. The molecule has 0 spiro atoms. The summed E-state index contributed by atoms with van der Waals surface area (Å²) in [4.78, 5) is 0. The number of rotatable bonds is 1. The maximum absolute atomic E-state index is 11.1. The Morgan fingerprint density at radius 3 is 1.57 bits per heavy atom. The van der Waals surface area contributed by atoms with Crippen LogP contribution < -0.4 is 5.73 Å². The fourth-order valence-corrected chi connectivity index (χ4v) is 0. The minimum absolute atomic E-state index is 0.931. The lowest BCUT2D eigenvalue weighted by atomic mass is 9.82. The Bertz CT molecular complexity index is 58.4. The predicted octanol–water partition coefficient (Wildman–Crippen LogP) is 0.720. The van der Waals surface area contributed by atoms with Crippen LogP contribution in [0.4, 0.5) is 12.9 Å². The van der Waals surface area contributed by atoms with Crippen molar-refractivity contribution < 1.29 is 12.9 Å². The van der Waals surface area contributed by atoms with Crippen LogP contribution in [0.3, 0.4) is 0 Å². The summed E-state index contributed by atoms with van der Waals surface area (Å²) in [6.07, 6.45) is 0. The molecule has 0 heterocycles. The van der Waals surface area contributed by atoms with E-state index in [9.17, 15) is 12.9 Å². The molecule has 0 saturated carbocycles. The summed E-state index contributed by atoms with van der Waals surface area (Å²) in [6, 6.07) is 0. The lowest BCUT2D eigenvalue weighted by molar-refractivity contribution is 0.445. The van der Waals surface area contributed by atoms with E-state index < -0.39 is 12.9 Å². The number of hydrogen-bond donors (Lipinski definition) is 1. The molecule has 0 amide bonds. The number of hydrogen-bond acceptors (Lipinski definition) is 1. The van der Waals surface area contributed by atoms with E-state index in [2.05, 4.69) is 5.73 Å². The van der Waals surface area contributed by atoms with Crippen molar-refractivity contribution in [2.45, 2.75) is 12.9 Å². The second kappa shape index (κ2) is 1.73. The predicted molar refractivity (Wildman–Crippen MR) is 22.7 cm³/mol. The van der Waals surface area contributed by atoms with Gasteiger partial charge in [-0.15, -0.1) is 0 Å². The first-order valence-electron chi connectivity index (χ1n) is 1.90. The number of halogens is 3. The van der Waals surface area contributed by atoms with Crippen LogP contribution in [0.1, 0.15) is 6.92 Å². The van der Waals surface area contributed by atoms with Gasteiger partial charge in [0.2, 0.25) is 0 Å². The zero-order chi connectivity index (χ0) is 6.08. The first kappa shape index (κ1) is 6.81. The Kier molecular flexibility index (Phi) is 1.69. The van der Waals surface area contributed by atoms with E-state index >= 15 is 0 Å². The van der Waals surface area contributed by atoms with Crippen LogP contribution in [-0.4, -0.2) is 12.9 Å². The second-order valence-electron chi connectivity index (χ2n) is 1.48. The van der Waals surface area contributed by atoms with Crippen molar-refractivity contribution in [1.82, 2.24) is 0 Å². The highest BCUT2D eigenvalue weighted by Crippen LogP contribution is 2.10. The van der Waals surface area contributed by atoms with E-state index in [0.29, 0.717) is 0 Å². The Morgan fingerprint density at radius 2 is 1.57 bits per heavy atom. The molecular formula is C2H6BF3N-. The van der Waals surface area contributed by atoms with Gasteiger partial charge in [0.05, 0.1) is 0 Å². The minimum Gasteiger partial charge on any atom is -0.448 e. The molecule has 0 aliphatic heterocycles. The molecule has 1 atom stereocenters. The van der Waals surface area contributed by atoms with Crippen molar-refractivity contribution in [2.75, 3.05) is 0 Å². The molecule has 0 bridgehead atoms. The smallest absolute Gasteiger partial charge is 0.448 e. The van der Waals surface area contributed by atoms with Gasteiger partial charge in [-0.05, 0) is 5.94 Å². The Morgan fingerprint density at radius 1 is 1.43 bits per heavy atom. The van der Waals surface area contributed by atoms with E-state index in [1.807, 2.05) is 0 Å². The van der Waals surface area contributed by atoms with E-state index in [1.165, 1.54) is 0 Å². The van der Waals surface area contributed by atoms with Crippen LogP contribution >= 0.6 is 0 Å². The fourth-order valence-electron chi connectivity index (χ4n) is 0. The highest BCUT2D eigenvalue weighted by Gasteiger charge is 2.27. The van der Waals surface area contributed by atoms with Gasteiger partial charge in [-0.1, -0.05) is 6.92 Å². The molecule has 0 radical (unpaired) electrons. The van der Waals surface area contributed by atoms with Crippen molar-refractivity contribution in [1.29, 1.82) is 0 Å². The molecular weight excluding hydrogens is 106 g/mol. The average molecular weight is 112 g/mol. The average Bonchev–Trinajstić information content (AvgIpc) is 1.31. The highest BCUT2D eigenvalue weighted by atomic mass is 19.4. The largest absolute Gasteiger partial charge is 0.494 e. The minimum atomic E-state index is -4.78. The third kappa shape index (κ3) is 2.50. The Balaban J connectivity index is 3.54. The van der Waals surface area contributed by atoms with Crippen molar-refractivity contribution in [3.05, 3.63) is 0 Å². The van der Waals surface area contributed by atoms with Gasteiger partial charge in [0.25, 0.3) is 0 Å². The van der Waals surface area contributed by atoms with E-state index in [-0.39, 0.29) is 0 Å². The molecule has 0 aromatic carbocycles. The van der Waals surface area contributed by atoms with E-state index in [0.717, 1.165) is 6.92 Å². The summed E-state index contributed by atoms with van der Waals surface area (Å²) >= 11 is 0. The van der Waals surface area contributed by atoms with Crippen LogP contribution in [-0.2, 0) is 0 Å². The molecule has 2 N–H and O–H groups in total. The van der Waals surface area contributed by atoms with Gasteiger partial charge in [0.1, 0.15) is 0 Å². The standard InChI is InChI=1S/C2H6BF3N/c1-2(7)3(4,5)6/h2H,7H2,1H3/q-1/t2-/m0/s1. The molecule has 0 rings (SSSR count). The van der Waals surface area contributed by atoms with Gasteiger partial charge in [-0.25, -0.2) is 0 Å². The Hall–Kier alpha value is -0.185. The van der Waals surface area contributed by atoms with Crippen LogP contribution in [0.2, 0.25) is 0 Å². The van der Waals surface area contributed by atoms with Crippen LogP contribution in [0, 0.1) is 0 Å². The molecule has 44 valence electrons. The van der Waals surface area contributed by atoms with E-state index in [1.54, 1.807) is 0 Å². The van der Waals surface area contributed by atoms with Gasteiger partial charge < -0.3 is 18.7 Å². The second-order valence-corrected chi connectivity index (χ2v) is 1.48. The quantitative estimate of drug-likeness (QED) is 0.497. The molecule has 0 fully saturated rings. The molecule has 5 heteroatoms. The molecule has 0 aromatic heterocycles. The molecule has 0 aromatic rings. The molecule has 1 nitrogen and oxygen atoms in total. The molecule has 0 unspecified atom stereocenters. The summed E-state index contributed by atoms with van der Waals surface area (Å²) in [5.41, 5.74) is 4.47. The SMILES string of the molecule is C[C@H](N)[B-](F)(F)F. The summed E-state index contributed by atoms with van der Waals surface area (Å²) < 4.78 is 33.3. The summed E-state index contributed by atoms with van der Waals surface area (Å²) in [7, 11) is 0. The molecule has 0 aliphatic rings. The van der Waals surface area contributed by atoms with Crippen LogP contribution in [0.5, 0.6) is 0 Å². The summed E-state index contributed by atoms with van der Waals surface area (Å²) in [5, 5.41) is 0. The summed E-state index contributed by atoms with van der Waals surface area (Å²) in [5.74, 6) is -1.64. The normalized spacial score (nSPS) is 16.7. The van der Waals surface area contributed by atoms with Crippen molar-refractivity contribution >= 4 is 6.98 Å². The Labute approximate surface area is 39.7 Å². The molecule has 0 saturated heterocycles. The fraction of sp³-hybridized carbons (Fsp3) is 1.00. The first-order valence-corrected chi connectivity index (χ1v) is 1.90. The lowest BCUT2D eigenvalue weighted by Crippen LogP contribution is -2.39. The van der Waals surface area contributed by atoms with Crippen molar-refractivity contribution in [3.8, 4) is 0 Å². The third-order valence-corrected chi connectivity index (χ3v) is 0.596. The topological polar surface area (TPSA) is 26.0 Å². The monoisotopic (exact) mass is 112 g/mol. The molecule has 7 heavy (non-hydrogen) atoms. The van der Waals surface area contributed by atoms with Gasteiger partial charge in [0.15, 0.2) is 0 Å². The number of nitrogens with two attached hydrogens (primary N) is 1. The zero-order valence-corrected chi connectivity index (χ0v) is 3.87. The highest BCUT2D eigenvalue weighted by molar-refractivity contribution is 6.60. The zero-order valence-electron chi connectivity index (χ0n) is 3.87. The van der Waals surface area contributed by atoms with Crippen molar-refractivity contribution in [2.24, 2.45) is 5.73 Å². The van der Waals surface area contributed by atoms with Gasteiger partial charge in [-0.3, -0.25) is 0 Å². The van der Waals surface area contributed by atoms with E-state index in [4.69, 9.17) is 0 Å². The van der Waals surface area contributed by atoms with Crippen molar-refractivity contribution in [3.63, 3.8) is 0 Å². The van der Waals surface area contributed by atoms with Gasteiger partial charge in [0, 0.05) is 0 Å². The maximum atomic E-state index is 11.1. The van der Waals surface area contributed by atoms with Gasteiger partial charge >= 0.3 is 6.98 Å². The lowest BCUT2D eigenvalue weighted by Gasteiger charge is -2.16. The maximum Gasteiger partial charge on any atom is 0.494 e. The van der Waals surface area contributed by atoms with Crippen LogP contribution in [0.15, 0.2) is 0 Å². The third-order valence-electron chi connectivity index (χ3n) is 0.596. The van der Waals surface area contributed by atoms with Gasteiger partial charge in [-0.2, -0.15) is 0 Å². The first-order chi connectivity index (χ1) is 2.94.